The third kappa shape index (κ3) is 3.25. The molecule has 3 aliphatic rings. The lowest BCUT2D eigenvalue weighted by Gasteiger charge is -2.37. The number of carbonyl (C=O) groups is 2. The number of furan rings is 1. The molecule has 1 aromatic rings. The second-order valence-corrected chi connectivity index (χ2v) is 7.78. The smallest absolute Gasteiger partial charge is 0.257 e. The molecule has 3 aliphatic heterocycles. The highest BCUT2D eigenvalue weighted by Gasteiger charge is 2.48. The van der Waals surface area contributed by atoms with Crippen molar-refractivity contribution in [3.63, 3.8) is 0 Å². The number of amides is 2. The average Bonchev–Trinajstić information content (AvgIpc) is 3.28. The average molecular weight is 361 g/mol. The lowest BCUT2D eigenvalue weighted by Crippen LogP contribution is -2.48. The summed E-state index contributed by atoms with van der Waals surface area (Å²) in [6.07, 6.45) is 4.21. The Morgan fingerprint density at radius 3 is 2.81 bits per heavy atom. The summed E-state index contributed by atoms with van der Waals surface area (Å²) < 4.78 is 11.0. The molecule has 1 spiro atoms. The second-order valence-electron chi connectivity index (χ2n) is 7.78. The fourth-order valence-electron chi connectivity index (χ4n) is 4.43. The molecule has 3 saturated heterocycles. The summed E-state index contributed by atoms with van der Waals surface area (Å²) in [5.41, 5.74) is 0.213. The first-order valence-corrected chi connectivity index (χ1v) is 9.50. The van der Waals surface area contributed by atoms with E-state index in [2.05, 4.69) is 4.90 Å². The van der Waals surface area contributed by atoms with E-state index < -0.39 is 0 Å². The number of ether oxygens (including phenoxy) is 1. The van der Waals surface area contributed by atoms with Crippen molar-refractivity contribution in [1.82, 2.24) is 14.7 Å². The van der Waals surface area contributed by atoms with E-state index in [4.69, 9.17) is 9.15 Å². The van der Waals surface area contributed by atoms with Crippen molar-refractivity contribution < 1.29 is 18.7 Å². The van der Waals surface area contributed by atoms with Crippen LogP contribution >= 0.6 is 0 Å². The second kappa shape index (κ2) is 7.04. The van der Waals surface area contributed by atoms with Crippen molar-refractivity contribution in [3.8, 4) is 0 Å². The van der Waals surface area contributed by atoms with Gasteiger partial charge in [0.2, 0.25) is 5.91 Å². The number of hydrogen-bond acceptors (Lipinski definition) is 5. The van der Waals surface area contributed by atoms with Gasteiger partial charge in [0.25, 0.3) is 5.91 Å². The largest absolute Gasteiger partial charge is 0.467 e. The van der Waals surface area contributed by atoms with Gasteiger partial charge in [-0.05, 0) is 25.3 Å². The Morgan fingerprint density at radius 1 is 1.19 bits per heavy atom. The number of carbonyl (C=O) groups excluding carboxylic acids is 2. The van der Waals surface area contributed by atoms with Crippen LogP contribution in [0.3, 0.4) is 0 Å². The third-order valence-corrected chi connectivity index (χ3v) is 5.97. The third-order valence-electron chi connectivity index (χ3n) is 5.97. The van der Waals surface area contributed by atoms with Crippen molar-refractivity contribution in [2.75, 3.05) is 53.0 Å². The predicted octanol–water partition coefficient (Wildman–Crippen LogP) is 1.20. The minimum atomic E-state index is -0.372. The monoisotopic (exact) mass is 361 g/mol. The minimum Gasteiger partial charge on any atom is -0.467 e. The molecule has 4 rings (SSSR count). The van der Waals surface area contributed by atoms with Crippen molar-refractivity contribution in [2.45, 2.75) is 25.8 Å². The molecule has 0 radical (unpaired) electrons. The molecule has 7 nitrogen and oxygen atoms in total. The van der Waals surface area contributed by atoms with E-state index in [1.165, 1.54) is 0 Å². The van der Waals surface area contributed by atoms with E-state index in [0.717, 1.165) is 57.9 Å². The zero-order valence-electron chi connectivity index (χ0n) is 15.4. The molecule has 0 aliphatic carbocycles. The molecule has 26 heavy (non-hydrogen) atoms. The van der Waals surface area contributed by atoms with E-state index in [-0.39, 0.29) is 17.2 Å². The number of hydrogen-bond donors (Lipinski definition) is 0. The van der Waals surface area contributed by atoms with Gasteiger partial charge in [-0.1, -0.05) is 0 Å². The van der Waals surface area contributed by atoms with E-state index in [1.54, 1.807) is 6.26 Å². The van der Waals surface area contributed by atoms with Gasteiger partial charge in [-0.25, -0.2) is 0 Å². The molecule has 3 fully saturated rings. The first kappa shape index (κ1) is 17.5. The van der Waals surface area contributed by atoms with Crippen molar-refractivity contribution >= 4 is 11.8 Å². The molecule has 0 saturated carbocycles. The van der Waals surface area contributed by atoms with Gasteiger partial charge in [-0.2, -0.15) is 0 Å². The van der Waals surface area contributed by atoms with Gasteiger partial charge in [-0.3, -0.25) is 14.5 Å². The van der Waals surface area contributed by atoms with Crippen molar-refractivity contribution in [3.05, 3.63) is 23.7 Å². The molecule has 0 N–H and O–H groups in total. The van der Waals surface area contributed by atoms with Crippen molar-refractivity contribution in [2.24, 2.45) is 5.41 Å². The molecule has 1 aromatic heterocycles. The lowest BCUT2D eigenvalue weighted by molar-refractivity contribution is -0.143. The Balaban J connectivity index is 1.40. The van der Waals surface area contributed by atoms with Crippen LogP contribution in [-0.2, 0) is 16.1 Å². The van der Waals surface area contributed by atoms with Gasteiger partial charge in [0.05, 0.1) is 30.7 Å². The number of likely N-dealkylation sites (tertiary alicyclic amines) is 2. The van der Waals surface area contributed by atoms with Crippen LogP contribution in [0.2, 0.25) is 0 Å². The molecule has 1 unspecified atom stereocenters. The minimum absolute atomic E-state index is 0.0279. The topological polar surface area (TPSA) is 66.2 Å². The van der Waals surface area contributed by atoms with E-state index in [0.29, 0.717) is 25.2 Å². The summed E-state index contributed by atoms with van der Waals surface area (Å²) >= 11 is 0. The van der Waals surface area contributed by atoms with Crippen LogP contribution < -0.4 is 0 Å². The highest BCUT2D eigenvalue weighted by molar-refractivity contribution is 5.95. The Morgan fingerprint density at radius 2 is 2.00 bits per heavy atom. The first-order chi connectivity index (χ1) is 12.6. The summed E-state index contributed by atoms with van der Waals surface area (Å²) in [4.78, 5) is 31.4. The molecule has 142 valence electrons. The molecule has 0 aromatic carbocycles. The molecule has 4 heterocycles. The van der Waals surface area contributed by atoms with Gasteiger partial charge < -0.3 is 19.0 Å². The van der Waals surface area contributed by atoms with Crippen LogP contribution in [0.25, 0.3) is 0 Å². The first-order valence-electron chi connectivity index (χ1n) is 9.50. The van der Waals surface area contributed by atoms with Gasteiger partial charge >= 0.3 is 0 Å². The molecular formula is C19H27N3O4. The summed E-state index contributed by atoms with van der Waals surface area (Å²) in [6, 6.07) is 1.84. The molecular weight excluding hydrogens is 334 g/mol. The Hall–Kier alpha value is -1.86. The molecule has 0 bridgehead atoms. The zero-order valence-corrected chi connectivity index (χ0v) is 15.4. The number of nitrogens with zero attached hydrogens (tertiary/aromatic N) is 3. The Bertz CT molecular complexity index is 682. The fourth-order valence-corrected chi connectivity index (χ4v) is 4.43. The Kier molecular flexibility index (Phi) is 4.75. The normalized spacial score (nSPS) is 27.5. The van der Waals surface area contributed by atoms with Crippen LogP contribution in [0, 0.1) is 5.41 Å². The predicted molar refractivity (Wildman–Crippen MR) is 94.6 cm³/mol. The summed E-state index contributed by atoms with van der Waals surface area (Å²) in [5.74, 6) is 0.969. The quantitative estimate of drug-likeness (QED) is 0.809. The van der Waals surface area contributed by atoms with E-state index >= 15 is 0 Å². The number of morpholine rings is 1. The lowest BCUT2D eigenvalue weighted by atomic mass is 9.78. The van der Waals surface area contributed by atoms with Crippen LogP contribution in [0.1, 0.15) is 35.4 Å². The van der Waals surface area contributed by atoms with Crippen LogP contribution in [-0.4, -0.2) is 79.5 Å². The summed E-state index contributed by atoms with van der Waals surface area (Å²) in [6.45, 7) is 5.94. The maximum absolute atomic E-state index is 12.9. The zero-order chi connectivity index (χ0) is 18.1. The standard InChI is InChI=1S/C19H27N3O4/c1-20-5-2-3-19(18(20)24)4-6-22(14-19)17(23)15-11-16(26-13-15)12-21-7-9-25-10-8-21/h11,13H,2-10,12,14H2,1H3. The molecule has 2 amide bonds. The van der Waals surface area contributed by atoms with Crippen molar-refractivity contribution in [1.29, 1.82) is 0 Å². The maximum Gasteiger partial charge on any atom is 0.257 e. The fraction of sp³-hybridized carbons (Fsp3) is 0.684. The summed E-state index contributed by atoms with van der Waals surface area (Å²) in [5, 5.41) is 0. The molecule has 1 atom stereocenters. The molecule has 7 heteroatoms. The SMILES string of the molecule is CN1CCCC2(CCN(C(=O)c3coc(CN4CCOCC4)c3)C2)C1=O. The number of piperidine rings is 1. The van der Waals surface area contributed by atoms with Crippen LogP contribution in [0.5, 0.6) is 0 Å². The van der Waals surface area contributed by atoms with Crippen LogP contribution in [0.15, 0.2) is 16.7 Å². The van der Waals surface area contributed by atoms with Gasteiger partial charge in [0, 0.05) is 39.8 Å². The maximum atomic E-state index is 12.9. The van der Waals surface area contributed by atoms with Gasteiger partial charge in [-0.15, -0.1) is 0 Å². The van der Waals surface area contributed by atoms with Gasteiger partial charge in [0.15, 0.2) is 0 Å². The number of rotatable bonds is 3. The summed E-state index contributed by atoms with van der Waals surface area (Å²) in [7, 11) is 1.86. The van der Waals surface area contributed by atoms with Gasteiger partial charge in [0.1, 0.15) is 12.0 Å². The van der Waals surface area contributed by atoms with E-state index in [1.807, 2.05) is 22.9 Å². The Labute approximate surface area is 153 Å². The highest BCUT2D eigenvalue weighted by Crippen LogP contribution is 2.40. The van der Waals surface area contributed by atoms with E-state index in [9.17, 15) is 9.59 Å². The highest BCUT2D eigenvalue weighted by atomic mass is 16.5. The van der Waals surface area contributed by atoms with Crippen LogP contribution in [0.4, 0.5) is 0 Å².